The number of urea groups is 1. The van der Waals surface area contributed by atoms with Gasteiger partial charge in [-0.25, -0.2) is 14.4 Å². The summed E-state index contributed by atoms with van der Waals surface area (Å²) >= 11 is 0.893. The predicted molar refractivity (Wildman–Crippen MR) is 69.7 cm³/mol. The lowest BCUT2D eigenvalue weighted by Gasteiger charge is -2.05. The van der Waals surface area contributed by atoms with Crippen LogP contribution in [0.15, 0.2) is 6.07 Å². The summed E-state index contributed by atoms with van der Waals surface area (Å²) in [5.41, 5.74) is 0.211. The molecule has 0 atom stereocenters. The van der Waals surface area contributed by atoms with Gasteiger partial charge >= 0.3 is 18.0 Å². The zero-order valence-electron chi connectivity index (χ0n) is 10.7. The summed E-state index contributed by atoms with van der Waals surface area (Å²) in [5.74, 6) is -1.22. The monoisotopic (exact) mass is 286 g/mol. The fourth-order valence-corrected chi connectivity index (χ4v) is 2.21. The van der Waals surface area contributed by atoms with E-state index in [1.807, 2.05) is 0 Å². The van der Waals surface area contributed by atoms with E-state index < -0.39 is 18.0 Å². The van der Waals surface area contributed by atoms with Crippen LogP contribution in [0.25, 0.3) is 0 Å². The number of ether oxygens (including phenoxy) is 2. The highest BCUT2D eigenvalue weighted by Gasteiger charge is 2.21. The van der Waals surface area contributed by atoms with Gasteiger partial charge in [0.05, 0.1) is 19.9 Å². The van der Waals surface area contributed by atoms with Crippen molar-refractivity contribution >= 4 is 35.0 Å². The quantitative estimate of drug-likeness (QED) is 0.817. The number of methoxy groups -OCH3 is 2. The minimum absolute atomic E-state index is 0.133. The van der Waals surface area contributed by atoms with E-state index in [9.17, 15) is 14.4 Å². The van der Waals surface area contributed by atoms with E-state index in [0.717, 1.165) is 11.3 Å². The normalized spacial score (nSPS) is 9.63. The molecule has 0 bridgehead atoms. The Hall–Kier alpha value is -2.09. The van der Waals surface area contributed by atoms with Crippen molar-refractivity contribution in [3.63, 3.8) is 0 Å². The highest BCUT2D eigenvalue weighted by Crippen LogP contribution is 2.28. The Morgan fingerprint density at radius 3 is 2.37 bits per heavy atom. The average Bonchev–Trinajstić information content (AvgIpc) is 2.81. The molecule has 7 nitrogen and oxygen atoms in total. The SMILES string of the molecule is CCNC(=O)Nc1cc(C(=O)OC)sc1C(=O)OC. The molecule has 0 unspecified atom stereocenters. The first kappa shape index (κ1) is 15.0. The zero-order chi connectivity index (χ0) is 14.4. The number of esters is 2. The van der Waals surface area contributed by atoms with E-state index in [1.54, 1.807) is 6.92 Å². The van der Waals surface area contributed by atoms with Gasteiger partial charge in [-0.3, -0.25) is 0 Å². The maximum absolute atomic E-state index is 11.6. The van der Waals surface area contributed by atoms with Gasteiger partial charge in [0.2, 0.25) is 0 Å². The molecule has 2 N–H and O–H groups in total. The summed E-state index contributed by atoms with van der Waals surface area (Å²) in [5, 5.41) is 4.99. The highest BCUT2D eigenvalue weighted by molar-refractivity contribution is 7.16. The first-order valence-electron chi connectivity index (χ1n) is 5.38. The van der Waals surface area contributed by atoms with Crippen LogP contribution in [0.4, 0.5) is 10.5 Å². The molecule has 1 aromatic heterocycles. The van der Waals surface area contributed by atoms with Gasteiger partial charge < -0.3 is 20.1 Å². The molecule has 2 amide bonds. The molecule has 8 heteroatoms. The number of hydrogen-bond acceptors (Lipinski definition) is 6. The molecule has 0 saturated heterocycles. The van der Waals surface area contributed by atoms with Crippen LogP contribution in [0.3, 0.4) is 0 Å². The van der Waals surface area contributed by atoms with Gasteiger partial charge in [0.25, 0.3) is 0 Å². The third-order valence-electron chi connectivity index (χ3n) is 2.07. The van der Waals surface area contributed by atoms with Gasteiger partial charge in [-0.15, -0.1) is 11.3 Å². The van der Waals surface area contributed by atoms with Crippen LogP contribution in [-0.4, -0.2) is 38.7 Å². The van der Waals surface area contributed by atoms with Crippen molar-refractivity contribution in [2.75, 3.05) is 26.1 Å². The van der Waals surface area contributed by atoms with Crippen molar-refractivity contribution < 1.29 is 23.9 Å². The average molecular weight is 286 g/mol. The van der Waals surface area contributed by atoms with Crippen LogP contribution >= 0.6 is 11.3 Å². The Kier molecular flexibility index (Phi) is 5.31. The number of anilines is 1. The van der Waals surface area contributed by atoms with Crippen LogP contribution in [-0.2, 0) is 9.47 Å². The van der Waals surface area contributed by atoms with Gasteiger partial charge in [0, 0.05) is 6.54 Å². The minimum atomic E-state index is -0.632. The Bertz CT molecular complexity index is 497. The van der Waals surface area contributed by atoms with Gasteiger partial charge in [-0.2, -0.15) is 0 Å². The first-order chi connectivity index (χ1) is 9.03. The maximum Gasteiger partial charge on any atom is 0.350 e. The van der Waals surface area contributed by atoms with Crippen molar-refractivity contribution in [3.05, 3.63) is 15.8 Å². The van der Waals surface area contributed by atoms with E-state index in [0.29, 0.717) is 6.54 Å². The molecule has 0 aliphatic heterocycles. The summed E-state index contributed by atoms with van der Waals surface area (Å²) in [6.07, 6.45) is 0. The second-order valence-electron chi connectivity index (χ2n) is 3.32. The number of thiophene rings is 1. The molecule has 0 aromatic carbocycles. The van der Waals surface area contributed by atoms with Crippen molar-refractivity contribution in [3.8, 4) is 0 Å². The Labute approximate surface area is 113 Å². The third kappa shape index (κ3) is 3.68. The number of rotatable bonds is 4. The summed E-state index contributed by atoms with van der Waals surface area (Å²) in [4.78, 5) is 34.7. The molecule has 0 spiro atoms. The molecule has 0 fully saturated rings. The Balaban J connectivity index is 3.05. The van der Waals surface area contributed by atoms with Crippen LogP contribution < -0.4 is 10.6 Å². The van der Waals surface area contributed by atoms with E-state index in [-0.39, 0.29) is 15.4 Å². The molecule has 0 aliphatic carbocycles. The molecule has 0 saturated carbocycles. The largest absolute Gasteiger partial charge is 0.465 e. The lowest BCUT2D eigenvalue weighted by Crippen LogP contribution is -2.28. The van der Waals surface area contributed by atoms with Crippen LogP contribution in [0, 0.1) is 0 Å². The lowest BCUT2D eigenvalue weighted by atomic mass is 10.3. The van der Waals surface area contributed by atoms with Gasteiger partial charge in [0.1, 0.15) is 9.75 Å². The van der Waals surface area contributed by atoms with E-state index in [1.165, 1.54) is 20.3 Å². The second kappa shape index (κ2) is 6.74. The Morgan fingerprint density at radius 1 is 1.21 bits per heavy atom. The van der Waals surface area contributed by atoms with Gasteiger partial charge in [-0.1, -0.05) is 0 Å². The van der Waals surface area contributed by atoms with Crippen molar-refractivity contribution in [2.45, 2.75) is 6.92 Å². The maximum atomic E-state index is 11.6. The topological polar surface area (TPSA) is 93.7 Å². The van der Waals surface area contributed by atoms with Crippen molar-refractivity contribution in [1.29, 1.82) is 0 Å². The summed E-state index contributed by atoms with van der Waals surface area (Å²) in [6, 6.07) is 0.903. The summed E-state index contributed by atoms with van der Waals surface area (Å²) in [6.45, 7) is 2.20. The van der Waals surface area contributed by atoms with Crippen molar-refractivity contribution in [1.82, 2.24) is 5.32 Å². The molecule has 1 aromatic rings. The number of hydrogen-bond donors (Lipinski definition) is 2. The zero-order valence-corrected chi connectivity index (χ0v) is 11.6. The molecule has 19 heavy (non-hydrogen) atoms. The van der Waals surface area contributed by atoms with E-state index in [4.69, 9.17) is 0 Å². The molecule has 0 aliphatic rings. The Morgan fingerprint density at radius 2 is 1.84 bits per heavy atom. The fourth-order valence-electron chi connectivity index (χ4n) is 1.26. The fraction of sp³-hybridized carbons (Fsp3) is 0.364. The number of carbonyl (C=O) groups excluding carboxylic acids is 3. The van der Waals surface area contributed by atoms with Gasteiger partial charge in [0.15, 0.2) is 0 Å². The number of amides is 2. The van der Waals surface area contributed by atoms with Crippen molar-refractivity contribution in [2.24, 2.45) is 0 Å². The second-order valence-corrected chi connectivity index (χ2v) is 4.37. The molecular formula is C11H14N2O5S. The number of nitrogens with one attached hydrogen (secondary N) is 2. The molecular weight excluding hydrogens is 272 g/mol. The van der Waals surface area contributed by atoms with Crippen LogP contribution in [0.2, 0.25) is 0 Å². The standard InChI is InChI=1S/C11H14N2O5S/c1-4-12-11(16)13-6-5-7(9(14)17-2)19-8(6)10(15)18-3/h5H,4H2,1-3H3,(H2,12,13,16). The molecule has 104 valence electrons. The van der Waals surface area contributed by atoms with E-state index in [2.05, 4.69) is 20.1 Å². The summed E-state index contributed by atoms with van der Waals surface area (Å²) < 4.78 is 9.15. The predicted octanol–water partition coefficient (Wildman–Crippen LogP) is 1.46. The third-order valence-corrected chi connectivity index (χ3v) is 3.17. The molecule has 1 rings (SSSR count). The van der Waals surface area contributed by atoms with Crippen LogP contribution in [0.5, 0.6) is 0 Å². The molecule has 1 heterocycles. The van der Waals surface area contributed by atoms with Crippen LogP contribution in [0.1, 0.15) is 26.3 Å². The first-order valence-corrected chi connectivity index (χ1v) is 6.20. The highest BCUT2D eigenvalue weighted by atomic mass is 32.1. The number of carbonyl (C=O) groups is 3. The van der Waals surface area contributed by atoms with E-state index >= 15 is 0 Å². The minimum Gasteiger partial charge on any atom is -0.465 e. The smallest absolute Gasteiger partial charge is 0.350 e. The van der Waals surface area contributed by atoms with Gasteiger partial charge in [-0.05, 0) is 13.0 Å². The molecule has 0 radical (unpaired) electrons. The summed E-state index contributed by atoms with van der Waals surface area (Å²) in [7, 11) is 2.45. The lowest BCUT2D eigenvalue weighted by molar-refractivity contribution is 0.0600.